The van der Waals surface area contributed by atoms with Crippen LogP contribution in [0.25, 0.3) is 0 Å². The zero-order chi connectivity index (χ0) is 23.6. The first-order valence-corrected chi connectivity index (χ1v) is 8.25. The molecule has 2 aromatic rings. The number of rotatable bonds is 6. The second-order valence-electron chi connectivity index (χ2n) is 6.29. The molecule has 2 rings (SSSR count). The molecule has 0 fully saturated rings. The predicted octanol–water partition coefficient (Wildman–Crippen LogP) is 4.06. The summed E-state index contributed by atoms with van der Waals surface area (Å²) < 4.78 is 77.6. The van der Waals surface area contributed by atoms with Crippen LogP contribution in [-0.2, 0) is 23.6 Å². The number of nitrogens with one attached hydrogen (secondary N) is 1. The van der Waals surface area contributed by atoms with Gasteiger partial charge in [0, 0.05) is 24.1 Å². The number of carboxylic acid groups (broad SMARTS) is 1. The van der Waals surface area contributed by atoms with Crippen molar-refractivity contribution in [1.82, 2.24) is 5.32 Å². The van der Waals surface area contributed by atoms with Gasteiger partial charge in [0.25, 0.3) is 11.6 Å². The summed E-state index contributed by atoms with van der Waals surface area (Å²) in [5, 5.41) is 21.8. The van der Waals surface area contributed by atoms with Gasteiger partial charge in [0.2, 0.25) is 0 Å². The van der Waals surface area contributed by atoms with Gasteiger partial charge in [-0.25, -0.2) is 4.79 Å². The van der Waals surface area contributed by atoms with Crippen LogP contribution in [0.2, 0.25) is 0 Å². The van der Waals surface area contributed by atoms with Crippen molar-refractivity contribution < 1.29 is 46.0 Å². The number of non-ortho nitro benzene ring substituents is 1. The fraction of sp³-hybridized carbons (Fsp3) is 0.222. The highest BCUT2D eigenvalue weighted by molar-refractivity contribution is 5.97. The first-order valence-electron chi connectivity index (χ1n) is 8.25. The van der Waals surface area contributed by atoms with E-state index < -0.39 is 58.3 Å². The van der Waals surface area contributed by atoms with E-state index in [2.05, 4.69) is 0 Å². The van der Waals surface area contributed by atoms with Crippen molar-refractivity contribution in [2.24, 2.45) is 0 Å². The summed E-state index contributed by atoms with van der Waals surface area (Å²) in [6.07, 6.45) is -10.8. The molecule has 13 heteroatoms. The topological polar surface area (TPSA) is 110 Å². The molecule has 166 valence electrons. The molecular weight excluding hydrogens is 438 g/mol. The van der Waals surface area contributed by atoms with E-state index in [4.69, 9.17) is 0 Å². The van der Waals surface area contributed by atoms with Gasteiger partial charge >= 0.3 is 18.3 Å². The third-order valence-electron chi connectivity index (χ3n) is 4.04. The van der Waals surface area contributed by atoms with Crippen molar-refractivity contribution in [3.8, 4) is 0 Å². The standard InChI is InChI=1S/C18H12F6N2O5/c19-17(20,21)11-6-10(7-12(8-11)18(22,23)24)15(27)25-14(16(28)29)5-9-1-3-13(4-2-9)26(30)31/h1-4,6-8,14H,5H2,(H,25,27)(H,28,29)/t14-/m0/s1. The van der Waals surface area contributed by atoms with Crippen molar-refractivity contribution in [3.05, 3.63) is 74.8 Å². The fourth-order valence-corrected chi connectivity index (χ4v) is 2.52. The molecule has 1 amide bonds. The lowest BCUT2D eigenvalue weighted by atomic mass is 10.0. The zero-order valence-electron chi connectivity index (χ0n) is 15.1. The second-order valence-corrected chi connectivity index (χ2v) is 6.29. The molecule has 31 heavy (non-hydrogen) atoms. The minimum atomic E-state index is -5.18. The van der Waals surface area contributed by atoms with E-state index in [1.807, 2.05) is 5.32 Å². The van der Waals surface area contributed by atoms with E-state index in [-0.39, 0.29) is 29.4 Å². The molecular formula is C18H12F6N2O5. The SMILES string of the molecule is O=C(N[C@@H](Cc1ccc([N+](=O)[O-])cc1)C(=O)O)c1cc(C(F)(F)F)cc(C(F)(F)F)c1. The lowest BCUT2D eigenvalue weighted by Gasteiger charge is -2.17. The number of hydrogen-bond donors (Lipinski definition) is 2. The fourth-order valence-electron chi connectivity index (χ4n) is 2.52. The van der Waals surface area contributed by atoms with E-state index in [1.54, 1.807) is 0 Å². The Morgan fingerprint density at radius 3 is 1.84 bits per heavy atom. The van der Waals surface area contributed by atoms with Gasteiger partial charge in [-0.15, -0.1) is 0 Å². The number of carbonyl (C=O) groups is 2. The largest absolute Gasteiger partial charge is 0.480 e. The highest BCUT2D eigenvalue weighted by atomic mass is 19.4. The monoisotopic (exact) mass is 450 g/mol. The number of nitro benzene ring substituents is 1. The average molecular weight is 450 g/mol. The molecule has 7 nitrogen and oxygen atoms in total. The van der Waals surface area contributed by atoms with Crippen molar-refractivity contribution in [2.75, 3.05) is 0 Å². The van der Waals surface area contributed by atoms with Crippen LogP contribution >= 0.6 is 0 Å². The van der Waals surface area contributed by atoms with Gasteiger partial charge in [-0.2, -0.15) is 26.3 Å². The van der Waals surface area contributed by atoms with Crippen LogP contribution in [0, 0.1) is 10.1 Å². The van der Waals surface area contributed by atoms with Crippen LogP contribution in [0.5, 0.6) is 0 Å². The predicted molar refractivity (Wildman–Crippen MR) is 92.1 cm³/mol. The highest BCUT2D eigenvalue weighted by Gasteiger charge is 2.37. The molecule has 2 N–H and O–H groups in total. The number of aliphatic carboxylic acids is 1. The van der Waals surface area contributed by atoms with Gasteiger partial charge in [-0.3, -0.25) is 14.9 Å². The Morgan fingerprint density at radius 2 is 1.45 bits per heavy atom. The zero-order valence-corrected chi connectivity index (χ0v) is 15.1. The Labute approximate surface area is 169 Å². The molecule has 0 aromatic heterocycles. The second kappa shape index (κ2) is 8.62. The van der Waals surface area contributed by atoms with Gasteiger partial charge in [-0.05, 0) is 23.8 Å². The number of alkyl halides is 6. The lowest BCUT2D eigenvalue weighted by Crippen LogP contribution is -2.42. The molecule has 0 saturated heterocycles. The van der Waals surface area contributed by atoms with Gasteiger partial charge in [0.15, 0.2) is 0 Å². The van der Waals surface area contributed by atoms with E-state index in [0.717, 1.165) is 12.1 Å². The third kappa shape index (κ3) is 6.17. The Bertz CT molecular complexity index is 970. The normalized spacial score (nSPS) is 12.8. The summed E-state index contributed by atoms with van der Waals surface area (Å²) in [4.78, 5) is 33.6. The molecule has 0 unspecified atom stereocenters. The number of hydrogen-bond acceptors (Lipinski definition) is 4. The molecule has 0 aliphatic carbocycles. The maximum absolute atomic E-state index is 12.9. The van der Waals surface area contributed by atoms with Crippen LogP contribution in [0.3, 0.4) is 0 Å². The van der Waals surface area contributed by atoms with Gasteiger partial charge in [0.1, 0.15) is 6.04 Å². The highest BCUT2D eigenvalue weighted by Crippen LogP contribution is 2.36. The van der Waals surface area contributed by atoms with Crippen molar-refractivity contribution in [3.63, 3.8) is 0 Å². The van der Waals surface area contributed by atoms with Crippen LogP contribution in [0.15, 0.2) is 42.5 Å². The summed E-state index contributed by atoms with van der Waals surface area (Å²) in [6.45, 7) is 0. The van der Waals surface area contributed by atoms with Crippen LogP contribution in [0.4, 0.5) is 32.0 Å². The molecule has 0 saturated carbocycles. The summed E-state index contributed by atoms with van der Waals surface area (Å²) in [5.74, 6) is -3.08. The summed E-state index contributed by atoms with van der Waals surface area (Å²) in [7, 11) is 0. The number of carboxylic acids is 1. The summed E-state index contributed by atoms with van der Waals surface area (Å²) in [6, 6.07) is 3.00. The van der Waals surface area contributed by atoms with Crippen LogP contribution < -0.4 is 5.32 Å². The minimum Gasteiger partial charge on any atom is -0.480 e. The molecule has 1 atom stereocenters. The summed E-state index contributed by atoms with van der Waals surface area (Å²) in [5.41, 5.74) is -4.55. The number of nitro groups is 1. The Kier molecular flexibility index (Phi) is 6.57. The van der Waals surface area contributed by atoms with Crippen molar-refractivity contribution >= 4 is 17.6 Å². The third-order valence-corrected chi connectivity index (χ3v) is 4.04. The molecule has 0 bridgehead atoms. The molecule has 0 aliphatic rings. The minimum absolute atomic E-state index is 0.164. The van der Waals surface area contributed by atoms with Gasteiger partial charge in [0.05, 0.1) is 16.1 Å². The smallest absolute Gasteiger partial charge is 0.416 e. The Hall–Kier alpha value is -3.64. The first kappa shape index (κ1) is 23.6. The molecule has 0 spiro atoms. The Morgan fingerprint density at radius 1 is 0.968 bits per heavy atom. The molecule has 0 radical (unpaired) electrons. The number of carbonyl (C=O) groups excluding carboxylic acids is 1. The molecule has 2 aromatic carbocycles. The van der Waals surface area contributed by atoms with Crippen LogP contribution in [-0.4, -0.2) is 27.9 Å². The molecule has 0 heterocycles. The van der Waals surface area contributed by atoms with E-state index in [0.29, 0.717) is 0 Å². The summed E-state index contributed by atoms with van der Waals surface area (Å²) >= 11 is 0. The van der Waals surface area contributed by atoms with Crippen LogP contribution in [0.1, 0.15) is 27.0 Å². The number of halogens is 6. The molecule has 0 aliphatic heterocycles. The van der Waals surface area contributed by atoms with E-state index in [1.165, 1.54) is 12.1 Å². The van der Waals surface area contributed by atoms with E-state index >= 15 is 0 Å². The first-order chi connectivity index (χ1) is 14.2. The maximum Gasteiger partial charge on any atom is 0.416 e. The quantitative estimate of drug-likeness (QED) is 0.392. The van der Waals surface area contributed by atoms with Crippen molar-refractivity contribution in [2.45, 2.75) is 24.8 Å². The lowest BCUT2D eigenvalue weighted by molar-refractivity contribution is -0.384. The average Bonchev–Trinajstić information content (AvgIpc) is 2.66. The maximum atomic E-state index is 12.9. The van der Waals surface area contributed by atoms with Crippen molar-refractivity contribution in [1.29, 1.82) is 0 Å². The number of benzene rings is 2. The van der Waals surface area contributed by atoms with Gasteiger partial charge in [-0.1, -0.05) is 12.1 Å². The van der Waals surface area contributed by atoms with E-state index in [9.17, 15) is 51.2 Å². The number of nitrogens with zero attached hydrogens (tertiary/aromatic N) is 1. The number of amides is 1. The Balaban J connectivity index is 2.31. The van der Waals surface area contributed by atoms with Gasteiger partial charge < -0.3 is 10.4 Å².